The van der Waals surface area contributed by atoms with Crippen molar-refractivity contribution in [2.45, 2.75) is 9.79 Å². The fraction of sp³-hybridized carbons (Fsp3) is 0.250. The van der Waals surface area contributed by atoms with E-state index >= 15 is 0 Å². The molecule has 0 radical (unpaired) electrons. The summed E-state index contributed by atoms with van der Waals surface area (Å²) in [6, 6.07) is 6.12. The highest BCUT2D eigenvalue weighted by Crippen LogP contribution is 2.26. The number of benzene rings is 2. The highest BCUT2D eigenvalue weighted by atomic mass is 35.5. The molecule has 6 nitrogen and oxygen atoms in total. The van der Waals surface area contributed by atoms with Gasteiger partial charge < -0.3 is 0 Å². The van der Waals surface area contributed by atoms with Gasteiger partial charge in [0.25, 0.3) is 0 Å². The minimum Gasteiger partial charge on any atom is -0.207 e. The molecule has 0 aromatic heterocycles. The number of nitrogens with zero attached hydrogens (tertiary/aromatic N) is 2. The number of rotatable bonds is 4. The average molecular weight is 471 g/mol. The lowest BCUT2D eigenvalue weighted by atomic mass is 10.3. The van der Waals surface area contributed by atoms with Crippen molar-refractivity contribution in [2.24, 2.45) is 0 Å². The van der Waals surface area contributed by atoms with Gasteiger partial charge in [0.2, 0.25) is 20.0 Å². The predicted octanol–water partition coefficient (Wildman–Crippen LogP) is 2.97. The van der Waals surface area contributed by atoms with E-state index in [1.54, 1.807) is 0 Å². The molecule has 1 fully saturated rings. The third kappa shape index (κ3) is 4.03. The SMILES string of the molecule is O=S(=O)(c1ccc(F)c(Cl)c1)N1CCN(S(=O)(=O)c2ccc(F)c(Cl)c2)CC1. The van der Waals surface area contributed by atoms with Crippen LogP contribution in [0.2, 0.25) is 10.0 Å². The zero-order valence-electron chi connectivity index (χ0n) is 14.1. The van der Waals surface area contributed by atoms with Crippen LogP contribution in [0.15, 0.2) is 46.2 Å². The van der Waals surface area contributed by atoms with Crippen LogP contribution in [0.4, 0.5) is 8.78 Å². The third-order valence-electron chi connectivity index (χ3n) is 4.26. The van der Waals surface area contributed by atoms with Crippen molar-refractivity contribution in [1.29, 1.82) is 0 Å². The van der Waals surface area contributed by atoms with Crippen molar-refractivity contribution in [2.75, 3.05) is 26.2 Å². The Hall–Kier alpha value is -1.30. The average Bonchev–Trinajstić information content (AvgIpc) is 2.66. The Morgan fingerprint density at radius 3 is 1.29 bits per heavy atom. The van der Waals surface area contributed by atoms with Gasteiger partial charge in [-0.05, 0) is 36.4 Å². The first-order valence-electron chi connectivity index (χ1n) is 7.94. The summed E-state index contributed by atoms with van der Waals surface area (Å²) in [6.07, 6.45) is 0. The van der Waals surface area contributed by atoms with Crippen LogP contribution in [0.3, 0.4) is 0 Å². The molecule has 1 heterocycles. The van der Waals surface area contributed by atoms with E-state index in [0.717, 1.165) is 45.0 Å². The Morgan fingerprint density at radius 2 is 1.00 bits per heavy atom. The minimum atomic E-state index is -3.96. The zero-order chi connectivity index (χ0) is 20.7. The Morgan fingerprint density at radius 1 is 0.679 bits per heavy atom. The molecule has 2 aromatic rings. The molecular formula is C16H14Cl2F2N2O4S2. The molecule has 0 aliphatic carbocycles. The van der Waals surface area contributed by atoms with E-state index in [0.29, 0.717) is 0 Å². The molecule has 1 aliphatic rings. The molecule has 28 heavy (non-hydrogen) atoms. The molecule has 0 N–H and O–H groups in total. The fourth-order valence-corrected chi connectivity index (χ4v) is 6.11. The van der Waals surface area contributed by atoms with Crippen molar-refractivity contribution < 1.29 is 25.6 Å². The quantitative estimate of drug-likeness (QED) is 0.688. The largest absolute Gasteiger partial charge is 0.243 e. The summed E-state index contributed by atoms with van der Waals surface area (Å²) < 4.78 is 79.5. The van der Waals surface area contributed by atoms with Crippen LogP contribution in [0.5, 0.6) is 0 Å². The lowest BCUT2D eigenvalue weighted by Crippen LogP contribution is -2.50. The molecule has 2 aromatic carbocycles. The zero-order valence-corrected chi connectivity index (χ0v) is 17.3. The summed E-state index contributed by atoms with van der Waals surface area (Å²) in [5.41, 5.74) is 0. The van der Waals surface area contributed by atoms with Gasteiger partial charge in [-0.1, -0.05) is 23.2 Å². The lowest BCUT2D eigenvalue weighted by Gasteiger charge is -2.33. The third-order valence-corrected chi connectivity index (χ3v) is 8.62. The van der Waals surface area contributed by atoms with Crippen LogP contribution in [0.1, 0.15) is 0 Å². The number of halogens is 4. The second-order valence-corrected chi connectivity index (χ2v) is 10.7. The molecule has 3 rings (SSSR count). The highest BCUT2D eigenvalue weighted by Gasteiger charge is 2.34. The summed E-state index contributed by atoms with van der Waals surface area (Å²) in [6.45, 7) is -0.423. The van der Waals surface area contributed by atoms with E-state index in [1.807, 2.05) is 0 Å². The maximum Gasteiger partial charge on any atom is 0.243 e. The summed E-state index contributed by atoms with van der Waals surface area (Å²) in [4.78, 5) is -0.360. The van der Waals surface area contributed by atoms with E-state index in [9.17, 15) is 25.6 Å². The van der Waals surface area contributed by atoms with Crippen LogP contribution in [0, 0.1) is 11.6 Å². The maximum absolute atomic E-state index is 13.3. The van der Waals surface area contributed by atoms with E-state index in [1.165, 1.54) is 0 Å². The number of hydrogen-bond donors (Lipinski definition) is 0. The number of hydrogen-bond acceptors (Lipinski definition) is 4. The molecule has 0 bridgehead atoms. The summed E-state index contributed by atoms with van der Waals surface area (Å²) in [7, 11) is -7.91. The summed E-state index contributed by atoms with van der Waals surface area (Å²) in [5, 5.41) is -0.647. The van der Waals surface area contributed by atoms with Gasteiger partial charge >= 0.3 is 0 Å². The van der Waals surface area contributed by atoms with Gasteiger partial charge in [0, 0.05) is 26.2 Å². The Bertz CT molecular complexity index is 1030. The minimum absolute atomic E-state index is 0.106. The van der Waals surface area contributed by atoms with E-state index in [4.69, 9.17) is 23.2 Å². The predicted molar refractivity (Wildman–Crippen MR) is 100 cm³/mol. The van der Waals surface area contributed by atoms with Crippen LogP contribution < -0.4 is 0 Å². The summed E-state index contributed by atoms with van der Waals surface area (Å²) >= 11 is 11.3. The topological polar surface area (TPSA) is 74.8 Å². The van der Waals surface area contributed by atoms with Crippen LogP contribution in [-0.2, 0) is 20.0 Å². The molecule has 1 saturated heterocycles. The second kappa shape index (κ2) is 7.85. The van der Waals surface area contributed by atoms with Crippen molar-refractivity contribution in [1.82, 2.24) is 8.61 Å². The molecular weight excluding hydrogens is 457 g/mol. The molecule has 0 spiro atoms. The van der Waals surface area contributed by atoms with Gasteiger partial charge in [-0.15, -0.1) is 0 Å². The van der Waals surface area contributed by atoms with Gasteiger partial charge in [-0.2, -0.15) is 8.61 Å². The number of piperazine rings is 1. The fourth-order valence-electron chi connectivity index (χ4n) is 2.72. The normalized spacial score (nSPS) is 17.0. The van der Waals surface area contributed by atoms with Crippen molar-refractivity contribution >= 4 is 43.2 Å². The van der Waals surface area contributed by atoms with Crippen LogP contribution >= 0.6 is 23.2 Å². The maximum atomic E-state index is 13.3. The molecule has 1 aliphatic heterocycles. The van der Waals surface area contributed by atoms with Crippen molar-refractivity contribution in [3.63, 3.8) is 0 Å². The van der Waals surface area contributed by atoms with Gasteiger partial charge in [0.1, 0.15) is 11.6 Å². The van der Waals surface area contributed by atoms with Gasteiger partial charge in [0.05, 0.1) is 19.8 Å². The van der Waals surface area contributed by atoms with E-state index in [2.05, 4.69) is 0 Å². The summed E-state index contributed by atoms with van der Waals surface area (Å²) in [5.74, 6) is -1.48. The van der Waals surface area contributed by atoms with Gasteiger partial charge in [-0.3, -0.25) is 0 Å². The Labute approximate surface area is 171 Å². The monoisotopic (exact) mass is 470 g/mol. The lowest BCUT2D eigenvalue weighted by molar-refractivity contribution is 0.273. The first-order chi connectivity index (χ1) is 13.0. The van der Waals surface area contributed by atoms with Crippen LogP contribution in [0.25, 0.3) is 0 Å². The van der Waals surface area contributed by atoms with E-state index < -0.39 is 31.7 Å². The van der Waals surface area contributed by atoms with E-state index in [-0.39, 0.29) is 46.0 Å². The smallest absolute Gasteiger partial charge is 0.207 e. The second-order valence-electron chi connectivity index (χ2n) is 5.96. The Kier molecular flexibility index (Phi) is 6.00. The first kappa shape index (κ1) is 21.4. The van der Waals surface area contributed by atoms with Crippen LogP contribution in [-0.4, -0.2) is 51.6 Å². The van der Waals surface area contributed by atoms with Gasteiger partial charge in [-0.25, -0.2) is 25.6 Å². The Balaban J connectivity index is 1.78. The number of sulfonamides is 2. The first-order valence-corrected chi connectivity index (χ1v) is 11.6. The van der Waals surface area contributed by atoms with Crippen molar-refractivity contribution in [3.8, 4) is 0 Å². The highest BCUT2D eigenvalue weighted by molar-refractivity contribution is 7.89. The molecule has 0 atom stereocenters. The standard InChI is InChI=1S/C16H14Cl2F2N2O4S2/c17-13-9-11(1-3-15(13)19)27(23,24)21-5-7-22(8-6-21)28(25,26)12-2-4-16(20)14(18)10-12/h1-4,9-10H,5-8H2. The van der Waals surface area contributed by atoms with Gasteiger partial charge in [0.15, 0.2) is 0 Å². The molecule has 152 valence electrons. The van der Waals surface area contributed by atoms with Crippen molar-refractivity contribution in [3.05, 3.63) is 58.1 Å². The molecule has 0 unspecified atom stereocenters. The molecule has 12 heteroatoms. The molecule has 0 saturated carbocycles. The molecule has 0 amide bonds.